The molecule has 12 heteroatoms. The molecule has 1 saturated heterocycles. The van der Waals surface area contributed by atoms with Crippen molar-refractivity contribution in [1.29, 1.82) is 0 Å². The fourth-order valence-electron chi connectivity index (χ4n) is 2.33. The SMILES string of the molecule is COc1ccc(/C=N/N=C2\NC(=O)/C(=C\c3cc([N+](=O)[O-])c(Cl)cc3Cl)S2)cc1Br. The number of carbonyl (C=O) groups is 1. The number of thioether (sulfide) groups is 1. The predicted octanol–water partition coefficient (Wildman–Crippen LogP) is 5.27. The van der Waals surface area contributed by atoms with Crippen molar-refractivity contribution in [2.75, 3.05) is 7.11 Å². The van der Waals surface area contributed by atoms with Crippen LogP contribution in [-0.2, 0) is 4.79 Å². The smallest absolute Gasteiger partial charge is 0.288 e. The van der Waals surface area contributed by atoms with Gasteiger partial charge < -0.3 is 4.74 Å². The largest absolute Gasteiger partial charge is 0.496 e. The highest BCUT2D eigenvalue weighted by Crippen LogP contribution is 2.34. The van der Waals surface area contributed by atoms with Crippen LogP contribution >= 0.6 is 50.9 Å². The average Bonchev–Trinajstić information content (AvgIpc) is 3.03. The highest BCUT2D eigenvalue weighted by Gasteiger charge is 2.25. The number of hydrogen-bond acceptors (Lipinski definition) is 7. The lowest BCUT2D eigenvalue weighted by Gasteiger charge is -2.02. The second kappa shape index (κ2) is 9.61. The minimum absolute atomic E-state index is 0.0857. The first kappa shape index (κ1) is 22.3. The van der Waals surface area contributed by atoms with E-state index in [0.717, 1.165) is 21.8 Å². The second-order valence-corrected chi connectivity index (χ2v) is 8.39. The third-order valence-electron chi connectivity index (χ3n) is 3.73. The molecule has 1 amide bonds. The lowest BCUT2D eigenvalue weighted by molar-refractivity contribution is -0.384. The van der Waals surface area contributed by atoms with E-state index in [1.54, 1.807) is 19.2 Å². The zero-order valence-electron chi connectivity index (χ0n) is 15.1. The molecule has 30 heavy (non-hydrogen) atoms. The Hall–Kier alpha value is -2.40. The Balaban J connectivity index is 1.79. The zero-order valence-corrected chi connectivity index (χ0v) is 19.0. The minimum atomic E-state index is -0.623. The number of nitrogens with zero attached hydrogens (tertiary/aromatic N) is 3. The molecule has 0 saturated carbocycles. The van der Waals surface area contributed by atoms with E-state index in [1.807, 2.05) is 6.07 Å². The summed E-state index contributed by atoms with van der Waals surface area (Å²) in [6.07, 6.45) is 2.95. The first-order valence-corrected chi connectivity index (χ1v) is 10.4. The van der Waals surface area contributed by atoms with Crippen LogP contribution in [0.2, 0.25) is 10.0 Å². The molecular weight excluding hydrogens is 519 g/mol. The molecule has 2 aromatic rings. The summed E-state index contributed by atoms with van der Waals surface area (Å²) >= 11 is 16.3. The molecule has 1 N–H and O–H groups in total. The van der Waals surface area contributed by atoms with Gasteiger partial charge in [0.2, 0.25) is 0 Å². The summed E-state index contributed by atoms with van der Waals surface area (Å²) in [5.74, 6) is 0.266. The van der Waals surface area contributed by atoms with Gasteiger partial charge in [0.05, 0.1) is 27.6 Å². The summed E-state index contributed by atoms with van der Waals surface area (Å²) in [5, 5.41) is 21.9. The number of amidine groups is 1. The quantitative estimate of drug-likeness (QED) is 0.246. The van der Waals surface area contributed by atoms with Crippen molar-refractivity contribution in [1.82, 2.24) is 5.32 Å². The minimum Gasteiger partial charge on any atom is -0.496 e. The number of methoxy groups -OCH3 is 1. The standard InChI is InChI=1S/C18H11BrCl2N4O4S/c1-29-15-3-2-9(4-11(15)19)8-22-24-18-23-17(26)16(30-18)6-10-5-14(25(27)28)13(21)7-12(10)20/h2-8H,1H3,(H,23,24,26)/b16-6+,22-8+. The number of hydrogen-bond donors (Lipinski definition) is 1. The topological polar surface area (TPSA) is 106 Å². The molecule has 1 heterocycles. The molecule has 0 aliphatic carbocycles. The molecule has 0 spiro atoms. The van der Waals surface area contributed by atoms with Crippen LogP contribution in [0.4, 0.5) is 5.69 Å². The van der Waals surface area contributed by atoms with Crippen LogP contribution in [0.25, 0.3) is 6.08 Å². The molecule has 0 bridgehead atoms. The third-order valence-corrected chi connectivity index (χ3v) is 5.88. The Morgan fingerprint density at radius 1 is 1.27 bits per heavy atom. The summed E-state index contributed by atoms with van der Waals surface area (Å²) in [7, 11) is 1.57. The van der Waals surface area contributed by atoms with E-state index in [4.69, 9.17) is 27.9 Å². The van der Waals surface area contributed by atoms with Gasteiger partial charge in [-0.3, -0.25) is 20.2 Å². The fourth-order valence-corrected chi connectivity index (χ4v) is 4.17. The van der Waals surface area contributed by atoms with Crippen LogP contribution in [0.1, 0.15) is 11.1 Å². The predicted molar refractivity (Wildman–Crippen MR) is 123 cm³/mol. The lowest BCUT2D eigenvalue weighted by atomic mass is 10.2. The molecule has 3 rings (SSSR count). The van der Waals surface area contributed by atoms with E-state index in [2.05, 4.69) is 31.4 Å². The van der Waals surface area contributed by atoms with Crippen LogP contribution in [0, 0.1) is 10.1 Å². The molecule has 8 nitrogen and oxygen atoms in total. The summed E-state index contributed by atoms with van der Waals surface area (Å²) in [6, 6.07) is 7.86. The summed E-state index contributed by atoms with van der Waals surface area (Å²) in [6.45, 7) is 0. The highest BCUT2D eigenvalue weighted by atomic mass is 79.9. The molecule has 0 unspecified atom stereocenters. The third kappa shape index (κ3) is 5.20. The van der Waals surface area contributed by atoms with Crippen molar-refractivity contribution >= 4 is 79.9 Å². The Labute approximate surface area is 193 Å². The van der Waals surface area contributed by atoms with Crippen molar-refractivity contribution in [3.05, 3.63) is 71.0 Å². The maximum absolute atomic E-state index is 12.2. The monoisotopic (exact) mass is 528 g/mol. The second-order valence-electron chi connectivity index (χ2n) is 5.69. The van der Waals surface area contributed by atoms with E-state index >= 15 is 0 Å². The van der Waals surface area contributed by atoms with E-state index in [0.29, 0.717) is 11.3 Å². The zero-order chi connectivity index (χ0) is 21.8. The van der Waals surface area contributed by atoms with Crippen molar-refractivity contribution in [3.8, 4) is 5.75 Å². The van der Waals surface area contributed by atoms with E-state index in [1.165, 1.54) is 24.4 Å². The summed E-state index contributed by atoms with van der Waals surface area (Å²) in [4.78, 5) is 22.9. The van der Waals surface area contributed by atoms with Crippen LogP contribution in [0.5, 0.6) is 5.75 Å². The van der Waals surface area contributed by atoms with E-state index < -0.39 is 10.8 Å². The number of ether oxygens (including phenoxy) is 1. The van der Waals surface area contributed by atoms with Gasteiger partial charge in [-0.15, -0.1) is 5.10 Å². The highest BCUT2D eigenvalue weighted by molar-refractivity contribution is 9.10. The molecule has 1 fully saturated rings. The maximum Gasteiger partial charge on any atom is 0.288 e. The van der Waals surface area contributed by atoms with E-state index in [-0.39, 0.29) is 25.8 Å². The number of rotatable bonds is 5. The maximum atomic E-state index is 12.2. The van der Waals surface area contributed by atoms with Gasteiger partial charge in [0.1, 0.15) is 10.8 Å². The van der Waals surface area contributed by atoms with Crippen LogP contribution in [0.15, 0.2) is 49.9 Å². The number of amides is 1. The lowest BCUT2D eigenvalue weighted by Crippen LogP contribution is -2.19. The van der Waals surface area contributed by atoms with Gasteiger partial charge in [-0.1, -0.05) is 23.2 Å². The Morgan fingerprint density at radius 3 is 2.70 bits per heavy atom. The summed E-state index contributed by atoms with van der Waals surface area (Å²) in [5.41, 5.74) is 0.760. The molecule has 1 aliphatic heterocycles. The van der Waals surface area contributed by atoms with Gasteiger partial charge in [-0.2, -0.15) is 5.10 Å². The van der Waals surface area contributed by atoms with Gasteiger partial charge in [0.25, 0.3) is 11.6 Å². The molecule has 0 aromatic heterocycles. The summed E-state index contributed by atoms with van der Waals surface area (Å²) < 4.78 is 5.93. The Morgan fingerprint density at radius 2 is 2.03 bits per heavy atom. The van der Waals surface area contributed by atoms with Crippen molar-refractivity contribution in [3.63, 3.8) is 0 Å². The number of nitrogens with one attached hydrogen (secondary N) is 1. The molecule has 0 atom stereocenters. The molecule has 154 valence electrons. The van der Waals surface area contributed by atoms with Crippen molar-refractivity contribution in [2.45, 2.75) is 0 Å². The Kier molecular flexibility index (Phi) is 7.14. The number of nitro benzene ring substituents is 1. The fraction of sp³-hybridized carbons (Fsp3) is 0.0556. The van der Waals surface area contributed by atoms with Gasteiger partial charge in [-0.05, 0) is 63.6 Å². The Bertz CT molecular complexity index is 1140. The number of benzene rings is 2. The van der Waals surface area contributed by atoms with Crippen LogP contribution in [-0.4, -0.2) is 29.3 Å². The van der Waals surface area contributed by atoms with Crippen LogP contribution < -0.4 is 10.1 Å². The number of nitro groups is 1. The normalized spacial score (nSPS) is 16.5. The van der Waals surface area contributed by atoms with Gasteiger partial charge in [0, 0.05) is 16.7 Å². The first-order valence-electron chi connectivity index (χ1n) is 8.07. The first-order chi connectivity index (χ1) is 14.3. The average molecular weight is 530 g/mol. The van der Waals surface area contributed by atoms with E-state index in [9.17, 15) is 14.9 Å². The van der Waals surface area contributed by atoms with Gasteiger partial charge >= 0.3 is 0 Å². The molecule has 0 radical (unpaired) electrons. The van der Waals surface area contributed by atoms with Crippen molar-refractivity contribution in [2.24, 2.45) is 10.2 Å². The van der Waals surface area contributed by atoms with Gasteiger partial charge in [0.15, 0.2) is 5.17 Å². The number of carbonyl (C=O) groups excluding carboxylic acids is 1. The molecule has 2 aromatic carbocycles. The van der Waals surface area contributed by atoms with Gasteiger partial charge in [-0.25, -0.2) is 0 Å². The molecule has 1 aliphatic rings. The van der Waals surface area contributed by atoms with Crippen LogP contribution in [0.3, 0.4) is 0 Å². The number of halogens is 3. The van der Waals surface area contributed by atoms with Crippen molar-refractivity contribution < 1.29 is 14.5 Å². The molecular formula is C18H11BrCl2N4O4S.